The average molecular weight is 359 g/mol. The fraction of sp³-hybridized carbons (Fsp3) is 0.368. The molecule has 0 spiro atoms. The summed E-state index contributed by atoms with van der Waals surface area (Å²) in [4.78, 5) is 27.2. The number of hydrogen-bond acceptors (Lipinski definition) is 6. The van der Waals surface area contributed by atoms with Gasteiger partial charge in [0.1, 0.15) is 5.75 Å². The van der Waals surface area contributed by atoms with Crippen molar-refractivity contribution >= 4 is 29.1 Å². The van der Waals surface area contributed by atoms with E-state index >= 15 is 0 Å². The van der Waals surface area contributed by atoms with Crippen LogP contribution in [-0.4, -0.2) is 44.0 Å². The Kier molecular flexibility index (Phi) is 5.48. The number of hydrogen-bond donors (Lipinski definition) is 0. The molecule has 0 amide bonds. The van der Waals surface area contributed by atoms with Crippen molar-refractivity contribution in [2.75, 3.05) is 27.3 Å². The van der Waals surface area contributed by atoms with Gasteiger partial charge in [-0.1, -0.05) is 23.9 Å². The summed E-state index contributed by atoms with van der Waals surface area (Å²) in [6.45, 7) is 1.86. The zero-order valence-electron chi connectivity index (χ0n) is 14.4. The molecular weight excluding hydrogens is 338 g/mol. The first-order valence-electron chi connectivity index (χ1n) is 8.30. The van der Waals surface area contributed by atoms with Crippen LogP contribution in [0.3, 0.4) is 0 Å². The van der Waals surface area contributed by atoms with Gasteiger partial charge in [0.15, 0.2) is 0 Å². The molecule has 0 bridgehead atoms. The molecule has 1 saturated heterocycles. The number of ketones is 1. The van der Waals surface area contributed by atoms with E-state index in [2.05, 4.69) is 9.64 Å². The third-order valence-corrected chi connectivity index (χ3v) is 5.52. The molecule has 3 rings (SSSR count). The number of methoxy groups -OCH3 is 2. The van der Waals surface area contributed by atoms with E-state index in [0.717, 1.165) is 42.3 Å². The number of allylic oxidation sites excluding steroid dienone is 2. The van der Waals surface area contributed by atoms with E-state index in [-0.39, 0.29) is 5.78 Å². The molecule has 1 aromatic rings. The molecule has 2 aliphatic rings. The Morgan fingerprint density at radius 2 is 1.80 bits per heavy atom. The SMILES string of the molecule is COC(=O)C=C1SC(N2CCCCC2)=C(c2ccc(OC)cc2)C1=O. The number of benzene rings is 1. The fourth-order valence-electron chi connectivity index (χ4n) is 3.01. The lowest BCUT2D eigenvalue weighted by molar-refractivity contribution is -0.135. The van der Waals surface area contributed by atoms with E-state index in [0.29, 0.717) is 10.5 Å². The Hall–Kier alpha value is -2.21. The van der Waals surface area contributed by atoms with Crippen LogP contribution in [0.4, 0.5) is 0 Å². The van der Waals surface area contributed by atoms with Crippen LogP contribution in [0.2, 0.25) is 0 Å². The van der Waals surface area contributed by atoms with Gasteiger partial charge in [-0.15, -0.1) is 0 Å². The summed E-state index contributed by atoms with van der Waals surface area (Å²) >= 11 is 1.37. The molecule has 0 unspecified atom stereocenters. The number of nitrogens with zero attached hydrogens (tertiary/aromatic N) is 1. The average Bonchev–Trinajstić information content (AvgIpc) is 2.98. The summed E-state index contributed by atoms with van der Waals surface area (Å²) in [7, 11) is 2.92. The first-order chi connectivity index (χ1) is 12.1. The van der Waals surface area contributed by atoms with E-state index in [1.165, 1.54) is 31.4 Å². The van der Waals surface area contributed by atoms with Crippen molar-refractivity contribution in [2.45, 2.75) is 19.3 Å². The van der Waals surface area contributed by atoms with Gasteiger partial charge in [-0.3, -0.25) is 4.79 Å². The Labute approximate surface area is 151 Å². The van der Waals surface area contributed by atoms with Gasteiger partial charge in [0.25, 0.3) is 0 Å². The van der Waals surface area contributed by atoms with Crippen molar-refractivity contribution in [3.63, 3.8) is 0 Å². The third-order valence-electron chi connectivity index (χ3n) is 4.34. The van der Waals surface area contributed by atoms with Crippen molar-refractivity contribution in [3.05, 3.63) is 45.8 Å². The third kappa shape index (κ3) is 3.74. The molecule has 0 aromatic heterocycles. The maximum Gasteiger partial charge on any atom is 0.331 e. The number of Topliss-reactive ketones (excluding diaryl/α,β-unsaturated/α-hetero) is 1. The number of piperidine rings is 1. The molecule has 1 aromatic carbocycles. The smallest absolute Gasteiger partial charge is 0.331 e. The van der Waals surface area contributed by atoms with Crippen molar-refractivity contribution in [1.29, 1.82) is 0 Å². The maximum atomic E-state index is 13.0. The van der Waals surface area contributed by atoms with Gasteiger partial charge in [0, 0.05) is 19.2 Å². The summed E-state index contributed by atoms with van der Waals surface area (Å²) in [5.74, 6) is 0.110. The lowest BCUT2D eigenvalue weighted by Crippen LogP contribution is -2.28. The van der Waals surface area contributed by atoms with Crippen molar-refractivity contribution in [1.82, 2.24) is 4.90 Å². The minimum atomic E-state index is -0.509. The van der Waals surface area contributed by atoms with Crippen LogP contribution in [0.1, 0.15) is 24.8 Å². The van der Waals surface area contributed by atoms with Crippen molar-refractivity contribution in [2.24, 2.45) is 0 Å². The Balaban J connectivity index is 2.00. The van der Waals surface area contributed by atoms with Gasteiger partial charge in [0.05, 0.1) is 29.7 Å². The molecule has 0 N–H and O–H groups in total. The standard InChI is InChI=1S/C19H21NO4S/c1-23-14-8-6-13(7-9-14)17-18(22)15(12-16(21)24-2)25-19(17)20-10-4-3-5-11-20/h6-9,12H,3-5,10-11H2,1-2H3. The predicted octanol–water partition coefficient (Wildman–Crippen LogP) is 3.22. The monoisotopic (exact) mass is 359 g/mol. The largest absolute Gasteiger partial charge is 0.497 e. The number of ether oxygens (including phenoxy) is 2. The highest BCUT2D eigenvalue weighted by Crippen LogP contribution is 2.45. The van der Waals surface area contributed by atoms with Crippen LogP contribution in [-0.2, 0) is 14.3 Å². The fourth-order valence-corrected chi connectivity index (χ4v) is 4.20. The number of likely N-dealkylation sites (tertiary alicyclic amines) is 1. The summed E-state index contributed by atoms with van der Waals surface area (Å²) in [5, 5.41) is 0.935. The van der Waals surface area contributed by atoms with Crippen LogP contribution < -0.4 is 4.74 Å². The summed E-state index contributed by atoms with van der Waals surface area (Å²) in [5.41, 5.74) is 1.50. The maximum absolute atomic E-state index is 13.0. The molecule has 6 heteroatoms. The van der Waals surface area contributed by atoms with Crippen molar-refractivity contribution < 1.29 is 19.1 Å². The zero-order valence-corrected chi connectivity index (χ0v) is 15.2. The van der Waals surface area contributed by atoms with Gasteiger partial charge in [0.2, 0.25) is 5.78 Å². The molecule has 0 radical (unpaired) electrons. The molecule has 2 aliphatic heterocycles. The van der Waals surface area contributed by atoms with Crippen LogP contribution >= 0.6 is 11.8 Å². The first-order valence-corrected chi connectivity index (χ1v) is 9.11. The predicted molar refractivity (Wildman–Crippen MR) is 98.0 cm³/mol. The number of carbonyl (C=O) groups is 2. The minimum Gasteiger partial charge on any atom is -0.497 e. The molecule has 0 atom stereocenters. The molecule has 1 fully saturated rings. The molecule has 5 nitrogen and oxygen atoms in total. The van der Waals surface area contributed by atoms with Crippen LogP contribution in [0.25, 0.3) is 5.57 Å². The van der Waals surface area contributed by atoms with Crippen LogP contribution in [0, 0.1) is 0 Å². The van der Waals surface area contributed by atoms with Gasteiger partial charge < -0.3 is 14.4 Å². The zero-order chi connectivity index (χ0) is 17.8. The highest BCUT2D eigenvalue weighted by Gasteiger charge is 2.34. The summed E-state index contributed by atoms with van der Waals surface area (Å²) in [6, 6.07) is 7.46. The van der Waals surface area contributed by atoms with E-state index in [1.807, 2.05) is 24.3 Å². The van der Waals surface area contributed by atoms with E-state index in [1.54, 1.807) is 7.11 Å². The summed E-state index contributed by atoms with van der Waals surface area (Å²) in [6.07, 6.45) is 4.73. The Morgan fingerprint density at radius 1 is 1.12 bits per heavy atom. The first kappa shape index (κ1) is 17.6. The summed E-state index contributed by atoms with van der Waals surface area (Å²) < 4.78 is 9.88. The van der Waals surface area contributed by atoms with E-state index in [4.69, 9.17) is 4.74 Å². The lowest BCUT2D eigenvalue weighted by Gasteiger charge is -2.29. The topological polar surface area (TPSA) is 55.8 Å². The highest BCUT2D eigenvalue weighted by molar-refractivity contribution is 8.08. The molecule has 132 valence electrons. The van der Waals surface area contributed by atoms with Gasteiger partial charge in [-0.25, -0.2) is 4.79 Å². The molecule has 25 heavy (non-hydrogen) atoms. The van der Waals surface area contributed by atoms with Crippen LogP contribution in [0.15, 0.2) is 40.3 Å². The van der Waals surface area contributed by atoms with E-state index < -0.39 is 5.97 Å². The second kappa shape index (κ2) is 7.78. The van der Waals surface area contributed by atoms with Crippen molar-refractivity contribution in [3.8, 4) is 5.75 Å². The number of thioether (sulfide) groups is 1. The Morgan fingerprint density at radius 3 is 2.40 bits per heavy atom. The lowest BCUT2D eigenvalue weighted by atomic mass is 10.0. The quantitative estimate of drug-likeness (QED) is 0.608. The molecule has 0 saturated carbocycles. The van der Waals surface area contributed by atoms with Gasteiger partial charge >= 0.3 is 5.97 Å². The minimum absolute atomic E-state index is 0.124. The van der Waals surface area contributed by atoms with E-state index in [9.17, 15) is 9.59 Å². The number of rotatable bonds is 4. The second-order valence-electron chi connectivity index (χ2n) is 5.92. The van der Waals surface area contributed by atoms with Gasteiger partial charge in [-0.2, -0.15) is 0 Å². The second-order valence-corrected chi connectivity index (χ2v) is 6.95. The highest BCUT2D eigenvalue weighted by atomic mass is 32.2. The molecular formula is C19H21NO4S. The molecule has 0 aliphatic carbocycles. The number of carbonyl (C=O) groups excluding carboxylic acids is 2. The Bertz CT molecular complexity index is 730. The molecule has 2 heterocycles. The normalized spacial score (nSPS) is 19.5. The van der Waals surface area contributed by atoms with Crippen LogP contribution in [0.5, 0.6) is 5.75 Å². The number of esters is 1. The van der Waals surface area contributed by atoms with Gasteiger partial charge in [-0.05, 0) is 37.0 Å².